The van der Waals surface area contributed by atoms with Crippen molar-refractivity contribution >= 4 is 0 Å². The fourth-order valence-electron chi connectivity index (χ4n) is 0.963. The van der Waals surface area contributed by atoms with Crippen LogP contribution >= 0.6 is 0 Å². The summed E-state index contributed by atoms with van der Waals surface area (Å²) in [6, 6.07) is 0. The predicted octanol–water partition coefficient (Wildman–Crippen LogP) is 1.09. The molecule has 0 aliphatic heterocycles. The van der Waals surface area contributed by atoms with E-state index in [2.05, 4.69) is 0 Å². The molecule has 0 fully saturated rings. The van der Waals surface area contributed by atoms with Crippen molar-refractivity contribution < 1.29 is 10.2 Å². The molecule has 0 aliphatic rings. The van der Waals surface area contributed by atoms with Crippen LogP contribution in [0, 0.1) is 0 Å². The molecule has 0 saturated heterocycles. The second-order valence-corrected chi connectivity index (χ2v) is 3.20. The number of rotatable bonds is 2. The second kappa shape index (κ2) is 3.17. The summed E-state index contributed by atoms with van der Waals surface area (Å²) >= 11 is 0. The molecule has 0 bridgehead atoms. The minimum atomic E-state index is -0.881. The summed E-state index contributed by atoms with van der Waals surface area (Å²) in [6.45, 7) is 7.04. The van der Waals surface area contributed by atoms with Crippen molar-refractivity contribution in [2.24, 2.45) is 0 Å². The predicted molar refractivity (Wildman–Crippen MR) is 41.8 cm³/mol. The van der Waals surface area contributed by atoms with Crippen molar-refractivity contribution in [2.75, 3.05) is 6.61 Å². The van der Waals surface area contributed by atoms with Gasteiger partial charge < -0.3 is 10.2 Å². The Balaban J connectivity index is 4.55. The molecule has 0 unspecified atom stereocenters. The number of aliphatic hydroxyl groups excluding tert-OH is 1. The third-order valence-electron chi connectivity index (χ3n) is 1.50. The number of aliphatic hydroxyl groups is 2. The number of hydrogen-bond acceptors (Lipinski definition) is 2. The largest absolute Gasteiger partial charge is 0.392 e. The second-order valence-electron chi connectivity index (χ2n) is 3.20. The molecule has 0 heterocycles. The molecule has 0 aromatic heterocycles. The first-order chi connectivity index (χ1) is 4.39. The monoisotopic (exact) mass is 144 g/mol. The van der Waals surface area contributed by atoms with Crippen molar-refractivity contribution in [3.05, 3.63) is 11.1 Å². The van der Waals surface area contributed by atoms with Crippen molar-refractivity contribution in [3.8, 4) is 0 Å². The van der Waals surface area contributed by atoms with Crippen LogP contribution in [0.1, 0.15) is 27.7 Å². The zero-order valence-corrected chi connectivity index (χ0v) is 7.10. The van der Waals surface area contributed by atoms with E-state index in [1.807, 2.05) is 13.8 Å². The van der Waals surface area contributed by atoms with Crippen LogP contribution in [0.2, 0.25) is 0 Å². The highest BCUT2D eigenvalue weighted by atomic mass is 16.3. The Hall–Kier alpha value is -0.340. The van der Waals surface area contributed by atoms with Gasteiger partial charge in [-0.1, -0.05) is 5.57 Å². The normalized spacial score (nSPS) is 11.4. The molecule has 2 nitrogen and oxygen atoms in total. The van der Waals surface area contributed by atoms with Gasteiger partial charge in [0.1, 0.15) is 0 Å². The lowest BCUT2D eigenvalue weighted by atomic mass is 9.95. The van der Waals surface area contributed by atoms with Gasteiger partial charge in [0, 0.05) is 0 Å². The van der Waals surface area contributed by atoms with Crippen LogP contribution in [-0.4, -0.2) is 22.4 Å². The third kappa shape index (κ3) is 2.50. The summed E-state index contributed by atoms with van der Waals surface area (Å²) < 4.78 is 0. The minimum Gasteiger partial charge on any atom is -0.392 e. The summed E-state index contributed by atoms with van der Waals surface area (Å²) in [5.74, 6) is 0. The van der Waals surface area contributed by atoms with Gasteiger partial charge in [0.25, 0.3) is 0 Å². The standard InChI is InChI=1S/C8H16O2/c1-6(2)7(5-9)8(3,4)10/h9-10H,5H2,1-4H3. The Bertz CT molecular complexity index is 136. The van der Waals surface area contributed by atoms with Gasteiger partial charge in [0.2, 0.25) is 0 Å². The van der Waals surface area contributed by atoms with Gasteiger partial charge in [-0.05, 0) is 33.3 Å². The summed E-state index contributed by atoms with van der Waals surface area (Å²) in [5.41, 5.74) is 0.802. The number of hydrogen-bond donors (Lipinski definition) is 2. The van der Waals surface area contributed by atoms with Crippen LogP contribution in [0.25, 0.3) is 0 Å². The highest BCUT2D eigenvalue weighted by Crippen LogP contribution is 2.17. The summed E-state index contributed by atoms with van der Waals surface area (Å²) in [5, 5.41) is 18.2. The molecule has 2 N–H and O–H groups in total. The lowest BCUT2D eigenvalue weighted by Gasteiger charge is -2.21. The highest BCUT2D eigenvalue weighted by Gasteiger charge is 2.18. The molecule has 0 spiro atoms. The molecular formula is C8H16O2. The molecule has 0 amide bonds. The van der Waals surface area contributed by atoms with E-state index < -0.39 is 5.60 Å². The smallest absolute Gasteiger partial charge is 0.0825 e. The Morgan fingerprint density at radius 1 is 1.30 bits per heavy atom. The SMILES string of the molecule is CC(C)=C(CO)C(C)(C)O. The zero-order chi connectivity index (χ0) is 8.36. The minimum absolute atomic E-state index is 0.0637. The van der Waals surface area contributed by atoms with E-state index >= 15 is 0 Å². The van der Waals surface area contributed by atoms with E-state index in [-0.39, 0.29) is 6.61 Å². The lowest BCUT2D eigenvalue weighted by molar-refractivity contribution is 0.103. The van der Waals surface area contributed by atoms with Gasteiger partial charge in [0.15, 0.2) is 0 Å². The molecule has 2 heteroatoms. The maximum atomic E-state index is 9.43. The maximum absolute atomic E-state index is 9.43. The topological polar surface area (TPSA) is 40.5 Å². The zero-order valence-electron chi connectivity index (χ0n) is 7.10. The molecule has 0 saturated carbocycles. The van der Waals surface area contributed by atoms with E-state index in [9.17, 15) is 5.11 Å². The van der Waals surface area contributed by atoms with Crippen LogP contribution in [0.3, 0.4) is 0 Å². The summed E-state index contributed by atoms with van der Waals surface area (Å²) in [4.78, 5) is 0. The van der Waals surface area contributed by atoms with Gasteiger partial charge >= 0.3 is 0 Å². The molecule has 0 atom stereocenters. The van der Waals surface area contributed by atoms with Crippen LogP contribution < -0.4 is 0 Å². The summed E-state index contributed by atoms with van der Waals surface area (Å²) in [6.07, 6.45) is 0. The molecule has 0 aliphatic carbocycles. The molecule has 0 rings (SSSR count). The quantitative estimate of drug-likeness (QED) is 0.569. The van der Waals surface area contributed by atoms with E-state index in [0.29, 0.717) is 5.57 Å². The average molecular weight is 144 g/mol. The Kier molecular flexibility index (Phi) is 3.06. The van der Waals surface area contributed by atoms with E-state index in [0.717, 1.165) is 5.57 Å². The number of allylic oxidation sites excluding steroid dienone is 1. The Morgan fingerprint density at radius 3 is 1.70 bits per heavy atom. The maximum Gasteiger partial charge on any atom is 0.0825 e. The molecule has 60 valence electrons. The Labute approximate surface area is 62.2 Å². The van der Waals surface area contributed by atoms with Crippen LogP contribution in [0.5, 0.6) is 0 Å². The van der Waals surface area contributed by atoms with Crippen molar-refractivity contribution in [1.82, 2.24) is 0 Å². The average Bonchev–Trinajstić information content (AvgIpc) is 1.60. The van der Waals surface area contributed by atoms with E-state index in [1.165, 1.54) is 0 Å². The van der Waals surface area contributed by atoms with E-state index in [1.54, 1.807) is 13.8 Å². The van der Waals surface area contributed by atoms with Gasteiger partial charge in [0.05, 0.1) is 12.2 Å². The molecule has 10 heavy (non-hydrogen) atoms. The first-order valence-electron chi connectivity index (χ1n) is 3.39. The lowest BCUT2D eigenvalue weighted by Crippen LogP contribution is -2.25. The van der Waals surface area contributed by atoms with Gasteiger partial charge in [-0.15, -0.1) is 0 Å². The fourth-order valence-corrected chi connectivity index (χ4v) is 0.963. The van der Waals surface area contributed by atoms with Crippen molar-refractivity contribution in [1.29, 1.82) is 0 Å². The van der Waals surface area contributed by atoms with E-state index in [4.69, 9.17) is 5.11 Å². The van der Waals surface area contributed by atoms with Crippen molar-refractivity contribution in [3.63, 3.8) is 0 Å². The Morgan fingerprint density at radius 2 is 1.70 bits per heavy atom. The molecule has 0 radical (unpaired) electrons. The van der Waals surface area contributed by atoms with Gasteiger partial charge in [-0.25, -0.2) is 0 Å². The molecular weight excluding hydrogens is 128 g/mol. The highest BCUT2D eigenvalue weighted by molar-refractivity contribution is 5.19. The molecule has 0 aromatic carbocycles. The van der Waals surface area contributed by atoms with Crippen molar-refractivity contribution in [2.45, 2.75) is 33.3 Å². The summed E-state index contributed by atoms with van der Waals surface area (Å²) in [7, 11) is 0. The van der Waals surface area contributed by atoms with Crippen LogP contribution in [-0.2, 0) is 0 Å². The van der Waals surface area contributed by atoms with Crippen LogP contribution in [0.4, 0.5) is 0 Å². The molecule has 0 aromatic rings. The van der Waals surface area contributed by atoms with Gasteiger partial charge in [-0.2, -0.15) is 0 Å². The fraction of sp³-hybridized carbons (Fsp3) is 0.750. The first kappa shape index (κ1) is 9.66. The third-order valence-corrected chi connectivity index (χ3v) is 1.50. The first-order valence-corrected chi connectivity index (χ1v) is 3.39. The van der Waals surface area contributed by atoms with Crippen LogP contribution in [0.15, 0.2) is 11.1 Å². The van der Waals surface area contributed by atoms with Gasteiger partial charge in [-0.3, -0.25) is 0 Å².